The van der Waals surface area contributed by atoms with Crippen molar-refractivity contribution in [2.45, 2.75) is 38.6 Å². The van der Waals surface area contributed by atoms with Gasteiger partial charge in [0.15, 0.2) is 0 Å². The maximum atomic E-state index is 4.24. The Morgan fingerprint density at radius 1 is 1.53 bits per heavy atom. The second-order valence-electron chi connectivity index (χ2n) is 4.21. The minimum Gasteiger partial charge on any atom is -0.310 e. The van der Waals surface area contributed by atoms with Crippen LogP contribution in [0.2, 0.25) is 0 Å². The van der Waals surface area contributed by atoms with Crippen LogP contribution in [0.25, 0.3) is 0 Å². The number of aryl methyl sites for hydroxylation is 1. The number of nitrogens with one attached hydrogen (secondary N) is 1. The van der Waals surface area contributed by atoms with Crippen LogP contribution in [0.1, 0.15) is 26.5 Å². The third kappa shape index (κ3) is 3.87. The molecular formula is C11H21N3S. The van der Waals surface area contributed by atoms with Crippen LogP contribution in [0.5, 0.6) is 0 Å². The van der Waals surface area contributed by atoms with Gasteiger partial charge in [-0.15, -0.1) is 0 Å². The molecule has 0 aliphatic heterocycles. The maximum absolute atomic E-state index is 4.24. The molecule has 0 atom stereocenters. The number of aromatic nitrogens is 2. The van der Waals surface area contributed by atoms with Crippen molar-refractivity contribution in [1.29, 1.82) is 0 Å². The summed E-state index contributed by atoms with van der Waals surface area (Å²) in [7, 11) is 0. The zero-order valence-electron chi connectivity index (χ0n) is 10.1. The first-order valence-electron chi connectivity index (χ1n) is 5.35. The number of nitrogens with zero attached hydrogens (tertiary/aromatic N) is 2. The Kier molecular flexibility index (Phi) is 4.67. The topological polar surface area (TPSA) is 29.9 Å². The molecule has 4 heteroatoms. The van der Waals surface area contributed by atoms with Crippen molar-refractivity contribution in [2.24, 2.45) is 0 Å². The second kappa shape index (κ2) is 5.56. The molecule has 3 nitrogen and oxygen atoms in total. The van der Waals surface area contributed by atoms with Crippen molar-refractivity contribution < 1.29 is 0 Å². The van der Waals surface area contributed by atoms with Gasteiger partial charge in [-0.25, -0.2) is 0 Å². The Morgan fingerprint density at radius 3 is 2.87 bits per heavy atom. The number of hydrogen-bond acceptors (Lipinski definition) is 3. The minimum atomic E-state index is 0.303. The summed E-state index contributed by atoms with van der Waals surface area (Å²) in [6.45, 7) is 9.47. The number of rotatable bonds is 6. The normalized spacial score (nSPS) is 12.0. The number of hydrogen-bond donors (Lipinski definition) is 1. The summed E-state index contributed by atoms with van der Waals surface area (Å²) in [5.41, 5.74) is 1.26. The lowest BCUT2D eigenvalue weighted by Gasteiger charge is -2.22. The summed E-state index contributed by atoms with van der Waals surface area (Å²) in [6, 6.07) is 2.07. The quantitative estimate of drug-likeness (QED) is 0.807. The molecule has 0 aliphatic carbocycles. The van der Waals surface area contributed by atoms with E-state index in [1.165, 1.54) is 5.69 Å². The highest BCUT2D eigenvalue weighted by molar-refractivity contribution is 7.99. The summed E-state index contributed by atoms with van der Waals surface area (Å²) >= 11 is 1.89. The van der Waals surface area contributed by atoms with Crippen molar-refractivity contribution in [1.82, 2.24) is 15.1 Å². The average Bonchev–Trinajstić information content (AvgIpc) is 2.65. The lowest BCUT2D eigenvalue weighted by atomic mass is 10.2. The van der Waals surface area contributed by atoms with Crippen LogP contribution < -0.4 is 5.32 Å². The largest absolute Gasteiger partial charge is 0.310 e. The van der Waals surface area contributed by atoms with Gasteiger partial charge in [0, 0.05) is 30.6 Å². The highest BCUT2D eigenvalue weighted by Gasteiger charge is 2.14. The van der Waals surface area contributed by atoms with E-state index in [1.807, 2.05) is 22.6 Å². The van der Waals surface area contributed by atoms with Gasteiger partial charge < -0.3 is 5.32 Å². The highest BCUT2D eigenvalue weighted by Crippen LogP contribution is 2.19. The van der Waals surface area contributed by atoms with Crippen molar-refractivity contribution >= 4 is 11.8 Å². The van der Waals surface area contributed by atoms with E-state index in [1.54, 1.807) is 0 Å². The van der Waals surface area contributed by atoms with Gasteiger partial charge in [-0.3, -0.25) is 4.68 Å². The summed E-state index contributed by atoms with van der Waals surface area (Å²) in [5.74, 6) is 0. The molecular weight excluding hydrogens is 206 g/mol. The minimum absolute atomic E-state index is 0.303. The molecule has 0 aliphatic rings. The Labute approximate surface area is 96.6 Å². The smallest absolute Gasteiger partial charge is 0.0521 e. The van der Waals surface area contributed by atoms with Crippen molar-refractivity contribution in [2.75, 3.05) is 12.8 Å². The lowest BCUT2D eigenvalue weighted by Crippen LogP contribution is -2.32. The fraction of sp³-hybridized carbons (Fsp3) is 0.727. The summed E-state index contributed by atoms with van der Waals surface area (Å²) < 4.78 is 2.33. The van der Waals surface area contributed by atoms with Crippen LogP contribution in [0, 0.1) is 0 Å². The molecule has 0 fully saturated rings. The molecule has 86 valence electrons. The van der Waals surface area contributed by atoms with Gasteiger partial charge in [0.2, 0.25) is 0 Å². The lowest BCUT2D eigenvalue weighted by molar-refractivity contribution is 0.549. The predicted molar refractivity (Wildman–Crippen MR) is 67.2 cm³/mol. The molecule has 0 amide bonds. The Bertz CT molecular complexity index is 294. The SMILES string of the molecule is CCn1nccc1CNCC(C)(C)SC. The fourth-order valence-electron chi connectivity index (χ4n) is 1.36. The van der Waals surface area contributed by atoms with Crippen LogP contribution in [0.4, 0.5) is 0 Å². The summed E-state index contributed by atoms with van der Waals surface area (Å²) in [4.78, 5) is 0. The van der Waals surface area contributed by atoms with E-state index < -0.39 is 0 Å². The van der Waals surface area contributed by atoms with Gasteiger partial charge >= 0.3 is 0 Å². The molecule has 0 unspecified atom stereocenters. The van der Waals surface area contributed by atoms with Crippen molar-refractivity contribution in [3.8, 4) is 0 Å². The summed E-state index contributed by atoms with van der Waals surface area (Å²) in [5, 5.41) is 7.71. The van der Waals surface area contributed by atoms with E-state index in [0.717, 1.165) is 19.6 Å². The Morgan fingerprint density at radius 2 is 2.27 bits per heavy atom. The van der Waals surface area contributed by atoms with Crippen LogP contribution in [-0.4, -0.2) is 27.3 Å². The van der Waals surface area contributed by atoms with E-state index in [4.69, 9.17) is 0 Å². The third-order valence-corrected chi connectivity index (χ3v) is 3.76. The molecule has 1 aromatic rings. The van der Waals surface area contributed by atoms with Crippen LogP contribution in [0.15, 0.2) is 12.3 Å². The summed E-state index contributed by atoms with van der Waals surface area (Å²) in [6.07, 6.45) is 4.01. The third-order valence-electron chi connectivity index (χ3n) is 2.51. The highest BCUT2D eigenvalue weighted by atomic mass is 32.2. The van der Waals surface area contributed by atoms with Gasteiger partial charge in [-0.05, 0) is 33.1 Å². The van der Waals surface area contributed by atoms with Gasteiger partial charge in [0.1, 0.15) is 0 Å². The first kappa shape index (κ1) is 12.6. The molecule has 0 saturated heterocycles. The van der Waals surface area contributed by atoms with Crippen molar-refractivity contribution in [3.05, 3.63) is 18.0 Å². The molecule has 0 spiro atoms. The standard InChI is InChI=1S/C11H21N3S/c1-5-14-10(6-7-13-14)8-12-9-11(2,3)15-4/h6-7,12H,5,8-9H2,1-4H3. The van der Waals surface area contributed by atoms with Crippen LogP contribution >= 0.6 is 11.8 Å². The monoisotopic (exact) mass is 227 g/mol. The van der Waals surface area contributed by atoms with Crippen LogP contribution in [0.3, 0.4) is 0 Å². The average molecular weight is 227 g/mol. The van der Waals surface area contributed by atoms with E-state index in [9.17, 15) is 0 Å². The van der Waals surface area contributed by atoms with Gasteiger partial charge in [-0.1, -0.05) is 0 Å². The maximum Gasteiger partial charge on any atom is 0.0521 e. The predicted octanol–water partition coefficient (Wildman–Crippen LogP) is 2.13. The molecule has 1 rings (SSSR count). The van der Waals surface area contributed by atoms with E-state index >= 15 is 0 Å². The van der Waals surface area contributed by atoms with E-state index in [2.05, 4.69) is 43.5 Å². The van der Waals surface area contributed by atoms with E-state index in [0.29, 0.717) is 4.75 Å². The molecule has 1 aromatic heterocycles. The van der Waals surface area contributed by atoms with E-state index in [-0.39, 0.29) is 0 Å². The molecule has 1 N–H and O–H groups in total. The molecule has 1 heterocycles. The molecule has 15 heavy (non-hydrogen) atoms. The first-order valence-corrected chi connectivity index (χ1v) is 6.58. The first-order chi connectivity index (χ1) is 7.09. The van der Waals surface area contributed by atoms with Crippen LogP contribution in [-0.2, 0) is 13.1 Å². The Balaban J connectivity index is 2.38. The molecule has 0 saturated carbocycles. The zero-order valence-corrected chi connectivity index (χ0v) is 10.9. The van der Waals surface area contributed by atoms with Gasteiger partial charge in [0.25, 0.3) is 0 Å². The fourth-order valence-corrected chi connectivity index (χ4v) is 1.61. The molecule has 0 aromatic carbocycles. The number of thioether (sulfide) groups is 1. The van der Waals surface area contributed by atoms with Gasteiger partial charge in [0.05, 0.1) is 5.69 Å². The second-order valence-corrected chi connectivity index (χ2v) is 5.72. The Hall–Kier alpha value is -0.480. The molecule has 0 bridgehead atoms. The molecule has 0 radical (unpaired) electrons. The van der Waals surface area contributed by atoms with Crippen molar-refractivity contribution in [3.63, 3.8) is 0 Å². The zero-order chi connectivity index (χ0) is 11.3. The van der Waals surface area contributed by atoms with Gasteiger partial charge in [-0.2, -0.15) is 16.9 Å².